The van der Waals surface area contributed by atoms with Crippen molar-refractivity contribution in [2.24, 2.45) is 11.0 Å². The van der Waals surface area contributed by atoms with Crippen LogP contribution >= 0.6 is 0 Å². The van der Waals surface area contributed by atoms with Crippen LogP contribution in [-0.4, -0.2) is 32.0 Å². The first-order valence-corrected chi connectivity index (χ1v) is 9.30. The van der Waals surface area contributed by atoms with Crippen LogP contribution in [0.4, 0.5) is 0 Å². The lowest BCUT2D eigenvalue weighted by Crippen LogP contribution is -2.21. The zero-order chi connectivity index (χ0) is 16.2. The zero-order valence-electron chi connectivity index (χ0n) is 13.0. The highest BCUT2D eigenvalue weighted by molar-refractivity contribution is 7.91. The maximum atomic E-state index is 11.7. The van der Waals surface area contributed by atoms with Crippen molar-refractivity contribution in [3.63, 3.8) is 0 Å². The van der Waals surface area contributed by atoms with E-state index in [4.69, 9.17) is 0 Å². The average molecular weight is 322 g/mol. The van der Waals surface area contributed by atoms with E-state index >= 15 is 0 Å². The van der Waals surface area contributed by atoms with E-state index in [-0.39, 0.29) is 29.8 Å². The summed E-state index contributed by atoms with van der Waals surface area (Å²) in [7, 11) is -2.93. The Kier molecular flexibility index (Phi) is 5.34. The third-order valence-electron chi connectivity index (χ3n) is 3.81. The Labute approximate surface area is 131 Å². The molecule has 5 nitrogen and oxygen atoms in total. The largest absolute Gasteiger partial charge is 0.273 e. The number of hydrogen-bond acceptors (Lipinski definition) is 4. The maximum absolute atomic E-state index is 11.7. The number of nitrogens with one attached hydrogen (secondary N) is 1. The topological polar surface area (TPSA) is 75.6 Å². The Bertz CT molecular complexity index is 648. The van der Waals surface area contributed by atoms with Crippen molar-refractivity contribution in [1.82, 2.24) is 5.43 Å². The van der Waals surface area contributed by atoms with Crippen molar-refractivity contribution >= 4 is 22.0 Å². The number of benzene rings is 1. The molecule has 0 spiro atoms. The van der Waals surface area contributed by atoms with Gasteiger partial charge in [-0.15, -0.1) is 0 Å². The predicted molar refractivity (Wildman–Crippen MR) is 87.6 cm³/mol. The lowest BCUT2D eigenvalue weighted by Gasteiger charge is -2.06. The van der Waals surface area contributed by atoms with Crippen LogP contribution < -0.4 is 5.43 Å². The summed E-state index contributed by atoms with van der Waals surface area (Å²) in [5, 5.41) is 3.92. The first-order chi connectivity index (χ1) is 10.4. The summed E-state index contributed by atoms with van der Waals surface area (Å²) in [5.74, 6) is 0.466. The molecule has 0 unspecified atom stereocenters. The third-order valence-corrected chi connectivity index (χ3v) is 5.64. The lowest BCUT2D eigenvalue weighted by molar-refractivity contribution is -0.121. The van der Waals surface area contributed by atoms with Crippen molar-refractivity contribution in [3.8, 4) is 0 Å². The molecule has 1 saturated heterocycles. The number of nitrogens with zero attached hydrogens (tertiary/aromatic N) is 1. The van der Waals surface area contributed by atoms with Crippen LogP contribution in [0, 0.1) is 5.92 Å². The normalized spacial score (nSPS) is 20.6. The number of hydrazone groups is 1. The van der Waals surface area contributed by atoms with E-state index in [1.165, 1.54) is 5.56 Å². The van der Waals surface area contributed by atoms with Gasteiger partial charge in [0.1, 0.15) is 0 Å². The van der Waals surface area contributed by atoms with Crippen molar-refractivity contribution < 1.29 is 13.2 Å². The first kappa shape index (κ1) is 16.7. The van der Waals surface area contributed by atoms with Gasteiger partial charge in [0.15, 0.2) is 9.84 Å². The van der Waals surface area contributed by atoms with Crippen LogP contribution in [-0.2, 0) is 14.6 Å². The summed E-state index contributed by atoms with van der Waals surface area (Å²) < 4.78 is 22.7. The number of amides is 1. The molecule has 0 bridgehead atoms. The Morgan fingerprint density at radius 1 is 1.36 bits per heavy atom. The molecular formula is C16H22N2O3S. The van der Waals surface area contributed by atoms with E-state index < -0.39 is 9.84 Å². The van der Waals surface area contributed by atoms with E-state index in [0.717, 1.165) is 5.56 Å². The van der Waals surface area contributed by atoms with Gasteiger partial charge in [-0.1, -0.05) is 38.1 Å². The molecule has 1 aromatic carbocycles. The molecule has 120 valence electrons. The van der Waals surface area contributed by atoms with Gasteiger partial charge in [-0.3, -0.25) is 4.79 Å². The minimum absolute atomic E-state index is 0.0782. The molecule has 1 aliphatic heterocycles. The van der Waals surface area contributed by atoms with Crippen molar-refractivity contribution in [2.45, 2.75) is 32.6 Å². The van der Waals surface area contributed by atoms with Gasteiger partial charge in [-0.2, -0.15) is 5.10 Å². The van der Waals surface area contributed by atoms with E-state index in [1.54, 1.807) is 6.21 Å². The molecule has 1 aromatic rings. The number of carbonyl (C=O) groups is 1. The highest BCUT2D eigenvalue weighted by Crippen LogP contribution is 2.21. The second kappa shape index (κ2) is 7.05. The number of carbonyl (C=O) groups excluding carboxylic acids is 1. The predicted octanol–water partition coefficient (Wildman–Crippen LogP) is 2.08. The van der Waals surface area contributed by atoms with Gasteiger partial charge in [-0.25, -0.2) is 13.8 Å². The average Bonchev–Trinajstić information content (AvgIpc) is 2.78. The van der Waals surface area contributed by atoms with Crippen LogP contribution in [0.15, 0.2) is 29.4 Å². The molecule has 1 aliphatic rings. The monoisotopic (exact) mass is 322 g/mol. The molecule has 1 heterocycles. The van der Waals surface area contributed by atoms with Crippen LogP contribution in [0.2, 0.25) is 0 Å². The fourth-order valence-electron chi connectivity index (χ4n) is 2.49. The van der Waals surface area contributed by atoms with E-state index in [0.29, 0.717) is 12.3 Å². The lowest BCUT2D eigenvalue weighted by atomic mass is 10.0. The van der Waals surface area contributed by atoms with Gasteiger partial charge in [-0.05, 0) is 29.4 Å². The highest BCUT2D eigenvalue weighted by atomic mass is 32.2. The second-order valence-corrected chi connectivity index (χ2v) is 8.32. The van der Waals surface area contributed by atoms with E-state index in [9.17, 15) is 13.2 Å². The second-order valence-electron chi connectivity index (χ2n) is 6.09. The molecular weight excluding hydrogens is 300 g/mol. The Morgan fingerprint density at radius 2 is 2.05 bits per heavy atom. The smallest absolute Gasteiger partial charge is 0.240 e. The molecule has 1 N–H and O–H groups in total. The summed E-state index contributed by atoms with van der Waals surface area (Å²) in [6, 6.07) is 7.98. The number of hydrogen-bond donors (Lipinski definition) is 1. The van der Waals surface area contributed by atoms with Gasteiger partial charge in [0, 0.05) is 6.42 Å². The van der Waals surface area contributed by atoms with Gasteiger partial charge in [0.25, 0.3) is 0 Å². The molecule has 1 atom stereocenters. The summed E-state index contributed by atoms with van der Waals surface area (Å²) in [5.41, 5.74) is 4.62. The van der Waals surface area contributed by atoms with Crippen molar-refractivity contribution in [3.05, 3.63) is 35.4 Å². The van der Waals surface area contributed by atoms with Crippen LogP contribution in [0.3, 0.4) is 0 Å². The Hall–Kier alpha value is -1.69. The number of sulfone groups is 1. The van der Waals surface area contributed by atoms with Crippen LogP contribution in [0.1, 0.15) is 43.7 Å². The van der Waals surface area contributed by atoms with Gasteiger partial charge < -0.3 is 0 Å². The maximum Gasteiger partial charge on any atom is 0.240 e. The molecule has 0 saturated carbocycles. The van der Waals surface area contributed by atoms with Crippen molar-refractivity contribution in [2.75, 3.05) is 11.5 Å². The third kappa shape index (κ3) is 4.94. The molecule has 0 aromatic heterocycles. The van der Waals surface area contributed by atoms with E-state index in [1.807, 2.05) is 24.3 Å². The van der Waals surface area contributed by atoms with Crippen molar-refractivity contribution in [1.29, 1.82) is 0 Å². The first-order valence-electron chi connectivity index (χ1n) is 7.48. The summed E-state index contributed by atoms with van der Waals surface area (Å²) in [6.07, 6.45) is 2.37. The summed E-state index contributed by atoms with van der Waals surface area (Å²) in [4.78, 5) is 11.7. The number of rotatable bonds is 5. The van der Waals surface area contributed by atoms with E-state index in [2.05, 4.69) is 24.4 Å². The molecule has 22 heavy (non-hydrogen) atoms. The van der Waals surface area contributed by atoms with Gasteiger partial charge >= 0.3 is 0 Å². The quantitative estimate of drug-likeness (QED) is 0.666. The Morgan fingerprint density at radius 3 is 2.59 bits per heavy atom. The molecule has 2 rings (SSSR count). The molecule has 1 amide bonds. The van der Waals surface area contributed by atoms with Gasteiger partial charge in [0.05, 0.1) is 17.7 Å². The zero-order valence-corrected chi connectivity index (χ0v) is 13.8. The molecule has 1 fully saturated rings. The molecule has 0 aliphatic carbocycles. The SMILES string of the molecule is CC(C)c1ccc(/C=N\NC(=O)C[C@H]2CCS(=O)(=O)C2)cc1. The minimum Gasteiger partial charge on any atom is -0.273 e. The van der Waals surface area contributed by atoms with Gasteiger partial charge in [0.2, 0.25) is 5.91 Å². The van der Waals surface area contributed by atoms with Crippen LogP contribution in [0.25, 0.3) is 0 Å². The van der Waals surface area contributed by atoms with Crippen LogP contribution in [0.5, 0.6) is 0 Å². The Balaban J connectivity index is 1.80. The fourth-order valence-corrected chi connectivity index (χ4v) is 4.35. The standard InChI is InChI=1S/C16H22N2O3S/c1-12(2)15-5-3-13(4-6-15)10-17-18-16(19)9-14-7-8-22(20,21)11-14/h3-6,10,12,14H,7-9,11H2,1-2H3,(H,18,19)/b17-10-/t14-/m1/s1. The fraction of sp³-hybridized carbons (Fsp3) is 0.500. The molecule has 0 radical (unpaired) electrons. The summed E-state index contributed by atoms with van der Waals surface area (Å²) >= 11 is 0. The minimum atomic E-state index is -2.93. The molecule has 6 heteroatoms. The highest BCUT2D eigenvalue weighted by Gasteiger charge is 2.29. The summed E-state index contributed by atoms with van der Waals surface area (Å²) in [6.45, 7) is 4.26.